The lowest BCUT2D eigenvalue weighted by Gasteiger charge is -2.14. The Bertz CT molecular complexity index is 445. The van der Waals surface area contributed by atoms with Crippen LogP contribution in [0.1, 0.15) is 11.1 Å². The molecule has 0 bridgehead atoms. The summed E-state index contributed by atoms with van der Waals surface area (Å²) in [6.07, 6.45) is 0. The fraction of sp³-hybridized carbons (Fsp3) is 0.533. The quantitative estimate of drug-likeness (QED) is 0.587. The van der Waals surface area contributed by atoms with Gasteiger partial charge in [0.2, 0.25) is 0 Å². The molecule has 0 fully saturated rings. The number of aliphatic imine (C=N–C) groups is 1. The first kappa shape index (κ1) is 16.5. The highest BCUT2D eigenvalue weighted by Crippen LogP contribution is 2.13. The van der Waals surface area contributed by atoms with Crippen LogP contribution in [0.3, 0.4) is 0 Å². The van der Waals surface area contributed by atoms with E-state index in [1.54, 1.807) is 7.11 Å². The van der Waals surface area contributed by atoms with Gasteiger partial charge in [0.05, 0.1) is 13.2 Å². The van der Waals surface area contributed by atoms with Crippen molar-refractivity contribution in [3.05, 3.63) is 29.3 Å². The van der Waals surface area contributed by atoms with E-state index in [-0.39, 0.29) is 0 Å². The molecule has 20 heavy (non-hydrogen) atoms. The number of ether oxygens (including phenoxy) is 1. The molecule has 5 heteroatoms. The second-order valence-corrected chi connectivity index (χ2v) is 4.99. The van der Waals surface area contributed by atoms with Crippen molar-refractivity contribution in [2.45, 2.75) is 13.8 Å². The number of benzene rings is 1. The van der Waals surface area contributed by atoms with Gasteiger partial charge in [-0.2, -0.15) is 0 Å². The van der Waals surface area contributed by atoms with Crippen LogP contribution in [0.2, 0.25) is 0 Å². The fourth-order valence-electron chi connectivity index (χ4n) is 1.71. The predicted molar refractivity (Wildman–Crippen MR) is 85.4 cm³/mol. The van der Waals surface area contributed by atoms with Crippen LogP contribution in [0.15, 0.2) is 23.2 Å². The highest BCUT2D eigenvalue weighted by molar-refractivity contribution is 5.92. The molecular weight excluding hydrogens is 252 g/mol. The molecule has 0 amide bonds. The van der Waals surface area contributed by atoms with E-state index in [1.807, 2.05) is 13.1 Å². The highest BCUT2D eigenvalue weighted by atomic mass is 16.5. The third kappa shape index (κ3) is 6.04. The van der Waals surface area contributed by atoms with Crippen LogP contribution in [0.4, 0.5) is 5.69 Å². The van der Waals surface area contributed by atoms with Crippen molar-refractivity contribution in [1.82, 2.24) is 4.90 Å². The maximum atomic E-state index is 5.88. The number of anilines is 1. The second-order valence-electron chi connectivity index (χ2n) is 4.99. The molecule has 0 aliphatic heterocycles. The normalized spacial score (nSPS) is 11.9. The predicted octanol–water partition coefficient (Wildman–Crippen LogP) is 1.61. The SMILES string of the molecule is COCCN(C)CCN=C(N)Nc1ccc(C)c(C)c1. The summed E-state index contributed by atoms with van der Waals surface area (Å²) in [5.74, 6) is 0.452. The fourth-order valence-corrected chi connectivity index (χ4v) is 1.71. The van der Waals surface area contributed by atoms with E-state index >= 15 is 0 Å². The minimum absolute atomic E-state index is 0.452. The summed E-state index contributed by atoms with van der Waals surface area (Å²) < 4.78 is 5.03. The van der Waals surface area contributed by atoms with Crippen molar-refractivity contribution in [1.29, 1.82) is 0 Å². The third-order valence-corrected chi connectivity index (χ3v) is 3.22. The Morgan fingerprint density at radius 2 is 2.05 bits per heavy atom. The summed E-state index contributed by atoms with van der Waals surface area (Å²) in [5.41, 5.74) is 9.36. The smallest absolute Gasteiger partial charge is 0.193 e. The molecule has 0 aromatic heterocycles. The summed E-state index contributed by atoms with van der Waals surface area (Å²) in [5, 5.41) is 3.11. The van der Waals surface area contributed by atoms with Gasteiger partial charge in [-0.3, -0.25) is 4.99 Å². The molecule has 0 unspecified atom stereocenters. The maximum Gasteiger partial charge on any atom is 0.193 e. The number of likely N-dealkylation sites (N-methyl/N-ethyl adjacent to an activating group) is 1. The Kier molecular flexibility index (Phi) is 7.04. The Labute approximate surface area is 121 Å². The Balaban J connectivity index is 2.39. The number of hydrogen-bond donors (Lipinski definition) is 2. The van der Waals surface area contributed by atoms with Crippen molar-refractivity contribution < 1.29 is 4.74 Å². The van der Waals surface area contributed by atoms with E-state index < -0.39 is 0 Å². The number of guanidine groups is 1. The number of aryl methyl sites for hydroxylation is 2. The lowest BCUT2D eigenvalue weighted by atomic mass is 10.1. The molecule has 0 radical (unpaired) electrons. The summed E-state index contributed by atoms with van der Waals surface area (Å²) in [7, 11) is 3.75. The molecule has 5 nitrogen and oxygen atoms in total. The molecular formula is C15H26N4O. The molecule has 0 saturated heterocycles. The summed E-state index contributed by atoms with van der Waals surface area (Å²) in [6.45, 7) is 7.33. The van der Waals surface area contributed by atoms with Crippen LogP contribution >= 0.6 is 0 Å². The summed E-state index contributed by atoms with van der Waals surface area (Å²) in [6, 6.07) is 6.15. The zero-order valence-electron chi connectivity index (χ0n) is 12.9. The van der Waals surface area contributed by atoms with E-state index in [1.165, 1.54) is 11.1 Å². The Morgan fingerprint density at radius 3 is 2.70 bits per heavy atom. The van der Waals surface area contributed by atoms with Crippen LogP contribution in [0.5, 0.6) is 0 Å². The van der Waals surface area contributed by atoms with Crippen LogP contribution in [-0.4, -0.2) is 51.3 Å². The zero-order chi connectivity index (χ0) is 15.0. The van der Waals surface area contributed by atoms with Gasteiger partial charge in [-0.05, 0) is 44.2 Å². The minimum atomic E-state index is 0.452. The van der Waals surface area contributed by atoms with Gasteiger partial charge in [0.1, 0.15) is 0 Å². The molecule has 1 rings (SSSR count). The first-order chi connectivity index (χ1) is 9.52. The van der Waals surface area contributed by atoms with E-state index in [2.05, 4.69) is 41.2 Å². The van der Waals surface area contributed by atoms with Crippen molar-refractivity contribution in [3.8, 4) is 0 Å². The van der Waals surface area contributed by atoms with Crippen molar-refractivity contribution in [2.75, 3.05) is 45.7 Å². The number of rotatable bonds is 7. The number of methoxy groups -OCH3 is 1. The van der Waals surface area contributed by atoms with Crippen LogP contribution in [-0.2, 0) is 4.74 Å². The third-order valence-electron chi connectivity index (χ3n) is 3.22. The Morgan fingerprint density at radius 1 is 1.30 bits per heavy atom. The van der Waals surface area contributed by atoms with Crippen LogP contribution in [0.25, 0.3) is 0 Å². The maximum absolute atomic E-state index is 5.88. The average Bonchev–Trinajstić information content (AvgIpc) is 2.40. The second kappa shape index (κ2) is 8.55. The van der Waals surface area contributed by atoms with E-state index in [9.17, 15) is 0 Å². The highest BCUT2D eigenvalue weighted by Gasteiger charge is 1.99. The largest absolute Gasteiger partial charge is 0.383 e. The first-order valence-corrected chi connectivity index (χ1v) is 6.84. The zero-order valence-corrected chi connectivity index (χ0v) is 12.9. The summed E-state index contributed by atoms with van der Waals surface area (Å²) in [4.78, 5) is 6.48. The number of nitrogens with one attached hydrogen (secondary N) is 1. The lowest BCUT2D eigenvalue weighted by Crippen LogP contribution is -2.28. The molecule has 1 aromatic carbocycles. The van der Waals surface area contributed by atoms with Gasteiger partial charge < -0.3 is 20.7 Å². The van der Waals surface area contributed by atoms with E-state index in [4.69, 9.17) is 10.5 Å². The van der Waals surface area contributed by atoms with Gasteiger partial charge in [0.25, 0.3) is 0 Å². The lowest BCUT2D eigenvalue weighted by molar-refractivity contribution is 0.163. The van der Waals surface area contributed by atoms with Crippen molar-refractivity contribution in [2.24, 2.45) is 10.7 Å². The standard InChI is InChI=1S/C15H26N4O/c1-12-5-6-14(11-13(12)2)18-15(16)17-7-8-19(3)9-10-20-4/h5-6,11H,7-10H2,1-4H3,(H3,16,17,18). The molecule has 112 valence electrons. The molecule has 0 aliphatic carbocycles. The summed E-state index contributed by atoms with van der Waals surface area (Å²) >= 11 is 0. The molecule has 0 heterocycles. The van der Waals surface area contributed by atoms with Gasteiger partial charge in [-0.1, -0.05) is 6.07 Å². The number of nitrogens with two attached hydrogens (primary N) is 1. The molecule has 1 aromatic rings. The molecule has 0 saturated carbocycles. The van der Waals surface area contributed by atoms with Crippen LogP contribution in [0, 0.1) is 13.8 Å². The molecule has 3 N–H and O–H groups in total. The first-order valence-electron chi connectivity index (χ1n) is 6.84. The number of hydrogen-bond acceptors (Lipinski definition) is 3. The van der Waals surface area contributed by atoms with Gasteiger partial charge in [0.15, 0.2) is 5.96 Å². The van der Waals surface area contributed by atoms with Crippen LogP contribution < -0.4 is 11.1 Å². The molecule has 0 spiro atoms. The number of nitrogens with zero attached hydrogens (tertiary/aromatic N) is 2. The van der Waals surface area contributed by atoms with Gasteiger partial charge >= 0.3 is 0 Å². The molecule has 0 atom stereocenters. The monoisotopic (exact) mass is 278 g/mol. The van der Waals surface area contributed by atoms with Gasteiger partial charge in [-0.15, -0.1) is 0 Å². The molecule has 0 aliphatic rings. The van der Waals surface area contributed by atoms with Gasteiger partial charge in [0, 0.05) is 25.9 Å². The topological polar surface area (TPSA) is 62.9 Å². The van der Waals surface area contributed by atoms with E-state index in [0.29, 0.717) is 12.5 Å². The van der Waals surface area contributed by atoms with Crippen molar-refractivity contribution >= 4 is 11.6 Å². The van der Waals surface area contributed by atoms with Crippen molar-refractivity contribution in [3.63, 3.8) is 0 Å². The van der Waals surface area contributed by atoms with E-state index in [0.717, 1.165) is 25.4 Å². The minimum Gasteiger partial charge on any atom is -0.383 e. The average molecular weight is 278 g/mol. The van der Waals surface area contributed by atoms with Gasteiger partial charge in [-0.25, -0.2) is 0 Å². The Hall–Kier alpha value is -1.59.